The molecule has 0 aromatic heterocycles. The Balaban J connectivity index is 2.35. The molecule has 0 aromatic rings. The number of fused-ring (bicyclic) bond motifs is 1. The van der Waals surface area contributed by atoms with Crippen LogP contribution in [0.4, 0.5) is 0 Å². The van der Waals surface area contributed by atoms with E-state index in [2.05, 4.69) is 76.0 Å². The monoisotopic (exact) mass is 364 g/mol. The lowest BCUT2D eigenvalue weighted by Crippen LogP contribution is -2.46. The van der Waals surface area contributed by atoms with Gasteiger partial charge >= 0.3 is 0 Å². The molecule has 0 amide bonds. The van der Waals surface area contributed by atoms with Crippen LogP contribution < -0.4 is 0 Å². The lowest BCUT2D eigenvalue weighted by molar-refractivity contribution is 0.123. The predicted molar refractivity (Wildman–Crippen MR) is 112 cm³/mol. The second-order valence-electron chi connectivity index (χ2n) is 8.77. The molecule has 2 rings (SSSR count). The Morgan fingerprint density at radius 2 is 0.923 bits per heavy atom. The van der Waals surface area contributed by atoms with Crippen LogP contribution in [0.2, 0.25) is 0 Å². The molecule has 0 radical (unpaired) electrons. The molecule has 2 saturated carbocycles. The van der Waals surface area contributed by atoms with Gasteiger partial charge in [-0.2, -0.15) is 0 Å². The van der Waals surface area contributed by atoms with Crippen molar-refractivity contribution in [3.63, 3.8) is 0 Å². The van der Waals surface area contributed by atoms with Crippen molar-refractivity contribution in [1.82, 2.24) is 19.6 Å². The zero-order valence-corrected chi connectivity index (χ0v) is 18.2. The molecule has 6 heteroatoms. The second kappa shape index (κ2) is 8.96. The fraction of sp³-hybridized carbons (Fsp3) is 0.900. The number of guanidine groups is 2. The van der Waals surface area contributed by atoms with Crippen molar-refractivity contribution in [3.8, 4) is 0 Å². The minimum absolute atomic E-state index is 0.383. The molecule has 0 heterocycles. The van der Waals surface area contributed by atoms with Gasteiger partial charge in [-0.25, -0.2) is 9.98 Å². The summed E-state index contributed by atoms with van der Waals surface area (Å²) < 4.78 is 0. The molecule has 0 aromatic carbocycles. The fourth-order valence-corrected chi connectivity index (χ4v) is 4.84. The largest absolute Gasteiger partial charge is 0.349 e. The summed E-state index contributed by atoms with van der Waals surface area (Å²) in [6, 6.07) is 0.765. The summed E-state index contributed by atoms with van der Waals surface area (Å²) in [6.07, 6.45) is 7.68. The van der Waals surface area contributed by atoms with Crippen LogP contribution in [-0.2, 0) is 0 Å². The van der Waals surface area contributed by atoms with E-state index in [1.54, 1.807) is 0 Å². The van der Waals surface area contributed by atoms with Crippen LogP contribution in [0.5, 0.6) is 0 Å². The maximum atomic E-state index is 5.24. The van der Waals surface area contributed by atoms with E-state index in [0.29, 0.717) is 18.0 Å². The van der Waals surface area contributed by atoms with Gasteiger partial charge in [-0.1, -0.05) is 12.8 Å². The van der Waals surface area contributed by atoms with Crippen molar-refractivity contribution in [2.24, 2.45) is 21.8 Å². The van der Waals surface area contributed by atoms with Crippen LogP contribution in [0.15, 0.2) is 9.98 Å². The first-order valence-corrected chi connectivity index (χ1v) is 10.1. The number of hydrogen-bond donors (Lipinski definition) is 0. The molecule has 0 N–H and O–H groups in total. The van der Waals surface area contributed by atoms with Crippen molar-refractivity contribution < 1.29 is 0 Å². The molecule has 2 atom stereocenters. The molecule has 26 heavy (non-hydrogen) atoms. The third-order valence-corrected chi connectivity index (χ3v) is 5.75. The maximum absolute atomic E-state index is 5.24. The number of rotatable bonds is 2. The van der Waals surface area contributed by atoms with Gasteiger partial charge in [0.25, 0.3) is 0 Å². The first kappa shape index (κ1) is 20.8. The number of hydrogen-bond acceptors (Lipinski definition) is 2. The highest BCUT2D eigenvalue weighted by atomic mass is 15.3. The average Bonchev–Trinajstić information content (AvgIpc) is 2.56. The Labute approximate surface area is 160 Å². The summed E-state index contributed by atoms with van der Waals surface area (Å²) in [6.45, 7) is 0. The summed E-state index contributed by atoms with van der Waals surface area (Å²) in [7, 11) is 16.7. The van der Waals surface area contributed by atoms with E-state index in [1.807, 2.05) is 0 Å². The minimum atomic E-state index is 0.383. The van der Waals surface area contributed by atoms with Gasteiger partial charge in [0.05, 0.1) is 12.1 Å². The summed E-state index contributed by atoms with van der Waals surface area (Å²) in [5.74, 6) is 3.49. The van der Waals surface area contributed by atoms with Gasteiger partial charge in [-0.15, -0.1) is 0 Å². The average molecular weight is 365 g/mol. The molecular weight excluding hydrogens is 324 g/mol. The fourth-order valence-electron chi connectivity index (χ4n) is 4.84. The zero-order valence-electron chi connectivity index (χ0n) is 18.2. The van der Waals surface area contributed by atoms with Crippen LogP contribution >= 0.6 is 0 Å². The van der Waals surface area contributed by atoms with Gasteiger partial charge in [0.15, 0.2) is 11.9 Å². The minimum Gasteiger partial charge on any atom is -0.349 e. The molecule has 2 fully saturated rings. The third kappa shape index (κ3) is 4.83. The highest BCUT2D eigenvalue weighted by Gasteiger charge is 2.41. The zero-order chi connectivity index (χ0) is 19.4. The highest BCUT2D eigenvalue weighted by molar-refractivity contribution is 5.80. The molecule has 150 valence electrons. The van der Waals surface area contributed by atoms with Gasteiger partial charge in [0.1, 0.15) is 0 Å². The Hall–Kier alpha value is -1.46. The van der Waals surface area contributed by atoms with Crippen LogP contribution in [0, 0.1) is 11.8 Å². The summed E-state index contributed by atoms with van der Waals surface area (Å²) in [4.78, 5) is 19.0. The Morgan fingerprint density at radius 3 is 1.23 bits per heavy atom. The summed E-state index contributed by atoms with van der Waals surface area (Å²) in [5.41, 5.74) is 0. The van der Waals surface area contributed by atoms with E-state index < -0.39 is 0 Å². The van der Waals surface area contributed by atoms with Crippen LogP contribution in [0.1, 0.15) is 38.5 Å². The quantitative estimate of drug-likeness (QED) is 0.556. The lowest BCUT2D eigenvalue weighted by Gasteiger charge is -2.44. The topological polar surface area (TPSA) is 37.7 Å². The van der Waals surface area contributed by atoms with E-state index in [1.165, 1.54) is 38.5 Å². The second-order valence-corrected chi connectivity index (χ2v) is 8.77. The SMILES string of the molecule is CN(C)C(=NC1CCCC2CCCC(N=C(N(C)C)N(C)C)C21)N(C)C. The van der Waals surface area contributed by atoms with Gasteiger partial charge in [-0.05, 0) is 31.6 Å². The van der Waals surface area contributed by atoms with Gasteiger partial charge in [-0.3, -0.25) is 0 Å². The predicted octanol–water partition coefficient (Wildman–Crippen LogP) is 2.28. The summed E-state index contributed by atoms with van der Waals surface area (Å²) in [5, 5.41) is 0. The molecule has 2 unspecified atom stereocenters. The highest BCUT2D eigenvalue weighted by Crippen LogP contribution is 2.43. The normalized spacial score (nSPS) is 27.8. The lowest BCUT2D eigenvalue weighted by atomic mass is 9.66. The molecule has 0 aliphatic heterocycles. The Kier molecular flexibility index (Phi) is 7.18. The maximum Gasteiger partial charge on any atom is 0.195 e. The molecular formula is C20H40N6. The van der Waals surface area contributed by atoms with E-state index in [0.717, 1.165) is 17.8 Å². The van der Waals surface area contributed by atoms with E-state index >= 15 is 0 Å². The van der Waals surface area contributed by atoms with Crippen molar-refractivity contribution in [3.05, 3.63) is 0 Å². The molecule has 2 aliphatic rings. The first-order valence-electron chi connectivity index (χ1n) is 10.1. The standard InChI is InChI=1S/C20H40N6/c1-23(2)19(24(3)4)21-16-13-9-11-15-12-10-14-17(18(15)16)22-20(25(5)6)26(7)8/h15-18H,9-14H2,1-8H3. The van der Waals surface area contributed by atoms with Crippen molar-refractivity contribution in [2.45, 2.75) is 50.6 Å². The van der Waals surface area contributed by atoms with Crippen LogP contribution in [0.3, 0.4) is 0 Å². The Bertz CT molecular complexity index is 444. The Morgan fingerprint density at radius 1 is 0.577 bits per heavy atom. The van der Waals surface area contributed by atoms with E-state index in [9.17, 15) is 0 Å². The van der Waals surface area contributed by atoms with Crippen LogP contribution in [-0.4, -0.2) is 100.0 Å². The van der Waals surface area contributed by atoms with Crippen molar-refractivity contribution >= 4 is 11.9 Å². The van der Waals surface area contributed by atoms with Gasteiger partial charge < -0.3 is 19.6 Å². The smallest absolute Gasteiger partial charge is 0.195 e. The van der Waals surface area contributed by atoms with Crippen LogP contribution in [0.25, 0.3) is 0 Å². The molecule has 2 aliphatic carbocycles. The van der Waals surface area contributed by atoms with E-state index in [-0.39, 0.29) is 0 Å². The third-order valence-electron chi connectivity index (χ3n) is 5.75. The molecule has 6 nitrogen and oxygen atoms in total. The van der Waals surface area contributed by atoms with E-state index in [4.69, 9.17) is 9.98 Å². The molecule has 0 saturated heterocycles. The number of aliphatic imine (C=N–C) groups is 2. The first-order chi connectivity index (χ1) is 12.2. The molecule has 0 spiro atoms. The van der Waals surface area contributed by atoms with Crippen molar-refractivity contribution in [1.29, 1.82) is 0 Å². The van der Waals surface area contributed by atoms with Gasteiger partial charge in [0.2, 0.25) is 0 Å². The number of nitrogens with zero attached hydrogens (tertiary/aromatic N) is 6. The van der Waals surface area contributed by atoms with Gasteiger partial charge in [0, 0.05) is 62.3 Å². The van der Waals surface area contributed by atoms with Crippen molar-refractivity contribution in [2.75, 3.05) is 56.4 Å². The summed E-state index contributed by atoms with van der Waals surface area (Å²) >= 11 is 0. The molecule has 0 bridgehead atoms.